The minimum atomic E-state index is 0. The number of halogens is 2. The standard InChI is InChI=1S/C20H23N5O.2ClH/c1-13-12-21-9-10-25(13)20(26)16-11-17(15-7-5-4-6-8-15)22-19-18(16)14(2)23-24(19)3;;/h4-8,11,13,21H,9-10,12H2,1-3H3;2*1H. The predicted octanol–water partition coefficient (Wildman–Crippen LogP) is 3.22. The summed E-state index contributed by atoms with van der Waals surface area (Å²) in [6.45, 7) is 6.37. The lowest BCUT2D eigenvalue weighted by Gasteiger charge is -2.34. The summed E-state index contributed by atoms with van der Waals surface area (Å²) in [4.78, 5) is 20.1. The molecular formula is C20H25Cl2N5O. The van der Waals surface area contributed by atoms with Gasteiger partial charge in [-0.2, -0.15) is 5.10 Å². The Morgan fingerprint density at radius 3 is 2.61 bits per heavy atom. The first-order valence-corrected chi connectivity index (χ1v) is 8.97. The van der Waals surface area contributed by atoms with Crippen molar-refractivity contribution in [2.75, 3.05) is 19.6 Å². The van der Waals surface area contributed by atoms with Crippen molar-refractivity contribution in [3.63, 3.8) is 0 Å². The van der Waals surface area contributed by atoms with Crippen LogP contribution in [-0.4, -0.2) is 51.2 Å². The van der Waals surface area contributed by atoms with Gasteiger partial charge in [-0.25, -0.2) is 4.98 Å². The largest absolute Gasteiger partial charge is 0.333 e. The van der Waals surface area contributed by atoms with Crippen molar-refractivity contribution >= 4 is 41.8 Å². The Morgan fingerprint density at radius 2 is 1.93 bits per heavy atom. The van der Waals surface area contributed by atoms with E-state index in [4.69, 9.17) is 4.98 Å². The first-order valence-electron chi connectivity index (χ1n) is 8.97. The summed E-state index contributed by atoms with van der Waals surface area (Å²) in [6, 6.07) is 12.0. The number of rotatable bonds is 2. The molecule has 4 rings (SSSR count). The third kappa shape index (κ3) is 3.85. The van der Waals surface area contributed by atoms with Crippen molar-refractivity contribution in [3.8, 4) is 11.3 Å². The third-order valence-electron chi connectivity index (χ3n) is 5.03. The number of nitrogens with zero attached hydrogens (tertiary/aromatic N) is 4. The lowest BCUT2D eigenvalue weighted by atomic mass is 10.0. The molecule has 1 N–H and O–H groups in total. The first-order chi connectivity index (χ1) is 12.6. The van der Waals surface area contributed by atoms with Crippen molar-refractivity contribution < 1.29 is 4.79 Å². The summed E-state index contributed by atoms with van der Waals surface area (Å²) in [7, 11) is 1.87. The number of nitrogens with one attached hydrogen (secondary N) is 1. The Morgan fingerprint density at radius 1 is 1.21 bits per heavy atom. The zero-order chi connectivity index (χ0) is 18.3. The van der Waals surface area contributed by atoms with Gasteiger partial charge in [0.2, 0.25) is 0 Å². The summed E-state index contributed by atoms with van der Waals surface area (Å²) < 4.78 is 1.76. The molecule has 0 radical (unpaired) electrons. The fourth-order valence-corrected chi connectivity index (χ4v) is 3.67. The van der Waals surface area contributed by atoms with Crippen LogP contribution >= 0.6 is 24.8 Å². The van der Waals surface area contributed by atoms with Crippen LogP contribution in [0, 0.1) is 6.92 Å². The summed E-state index contributed by atoms with van der Waals surface area (Å²) in [6.07, 6.45) is 0. The van der Waals surface area contributed by atoms with E-state index in [1.165, 1.54) is 0 Å². The predicted molar refractivity (Wildman–Crippen MR) is 117 cm³/mol. The number of carbonyl (C=O) groups is 1. The molecular weight excluding hydrogens is 397 g/mol. The van der Waals surface area contributed by atoms with Gasteiger partial charge < -0.3 is 10.2 Å². The molecule has 3 heterocycles. The number of hydrogen-bond donors (Lipinski definition) is 1. The molecule has 1 saturated heterocycles. The molecule has 1 atom stereocenters. The van der Waals surface area contributed by atoms with Crippen LogP contribution in [0.5, 0.6) is 0 Å². The quantitative estimate of drug-likeness (QED) is 0.689. The highest BCUT2D eigenvalue weighted by atomic mass is 35.5. The molecule has 1 unspecified atom stereocenters. The maximum Gasteiger partial charge on any atom is 0.255 e. The normalized spacial score (nSPS) is 16.4. The van der Waals surface area contributed by atoms with Crippen LogP contribution in [0.25, 0.3) is 22.3 Å². The number of fused-ring (bicyclic) bond motifs is 1. The molecule has 28 heavy (non-hydrogen) atoms. The number of aromatic nitrogens is 3. The van der Waals surface area contributed by atoms with Crippen LogP contribution in [0.1, 0.15) is 23.0 Å². The van der Waals surface area contributed by atoms with Gasteiger partial charge in [0, 0.05) is 38.3 Å². The van der Waals surface area contributed by atoms with Crippen molar-refractivity contribution in [1.29, 1.82) is 0 Å². The second-order valence-corrected chi connectivity index (χ2v) is 6.88. The lowest BCUT2D eigenvalue weighted by molar-refractivity contribution is 0.0657. The fraction of sp³-hybridized carbons (Fsp3) is 0.350. The van der Waals surface area contributed by atoms with E-state index in [-0.39, 0.29) is 36.8 Å². The molecule has 8 heteroatoms. The fourth-order valence-electron chi connectivity index (χ4n) is 3.67. The van der Waals surface area contributed by atoms with Crippen LogP contribution < -0.4 is 5.32 Å². The van der Waals surface area contributed by atoms with E-state index in [9.17, 15) is 4.79 Å². The molecule has 0 bridgehead atoms. The summed E-state index contributed by atoms with van der Waals surface area (Å²) >= 11 is 0. The molecule has 1 fully saturated rings. The molecule has 150 valence electrons. The van der Waals surface area contributed by atoms with E-state index in [1.54, 1.807) is 4.68 Å². The zero-order valence-electron chi connectivity index (χ0n) is 16.2. The second kappa shape index (κ2) is 8.90. The molecule has 1 amide bonds. The maximum absolute atomic E-state index is 13.4. The van der Waals surface area contributed by atoms with E-state index >= 15 is 0 Å². The molecule has 0 spiro atoms. The van der Waals surface area contributed by atoms with E-state index in [2.05, 4.69) is 17.3 Å². The van der Waals surface area contributed by atoms with E-state index in [0.717, 1.165) is 41.1 Å². The SMILES string of the molecule is Cc1nn(C)c2nc(-c3ccccc3)cc(C(=O)N3CCNCC3C)c12.Cl.Cl. The van der Waals surface area contributed by atoms with Crippen LogP contribution in [-0.2, 0) is 7.05 Å². The second-order valence-electron chi connectivity index (χ2n) is 6.88. The lowest BCUT2D eigenvalue weighted by Crippen LogP contribution is -2.52. The Kier molecular flexibility index (Phi) is 7.04. The minimum absolute atomic E-state index is 0. The van der Waals surface area contributed by atoms with Gasteiger partial charge in [0.05, 0.1) is 22.3 Å². The molecule has 0 aliphatic carbocycles. The average molecular weight is 422 g/mol. The van der Waals surface area contributed by atoms with Gasteiger partial charge in [-0.3, -0.25) is 9.48 Å². The van der Waals surface area contributed by atoms with E-state index in [0.29, 0.717) is 12.1 Å². The minimum Gasteiger partial charge on any atom is -0.333 e. The average Bonchev–Trinajstić information content (AvgIpc) is 2.95. The van der Waals surface area contributed by atoms with Crippen molar-refractivity contribution in [1.82, 2.24) is 25.0 Å². The smallest absolute Gasteiger partial charge is 0.255 e. The van der Waals surface area contributed by atoms with Gasteiger partial charge >= 0.3 is 0 Å². The number of hydrogen-bond acceptors (Lipinski definition) is 4. The number of benzene rings is 1. The van der Waals surface area contributed by atoms with Gasteiger partial charge in [-0.1, -0.05) is 30.3 Å². The van der Waals surface area contributed by atoms with Crippen LogP contribution in [0.15, 0.2) is 36.4 Å². The summed E-state index contributed by atoms with van der Waals surface area (Å²) in [5.74, 6) is 0.0553. The molecule has 1 aromatic carbocycles. The highest BCUT2D eigenvalue weighted by Crippen LogP contribution is 2.28. The highest BCUT2D eigenvalue weighted by Gasteiger charge is 2.27. The Balaban J connectivity index is 0.00000140. The summed E-state index contributed by atoms with van der Waals surface area (Å²) in [5, 5.41) is 8.69. The molecule has 1 aliphatic rings. The molecule has 6 nitrogen and oxygen atoms in total. The van der Waals surface area contributed by atoms with Crippen molar-refractivity contribution in [2.24, 2.45) is 7.05 Å². The number of carbonyl (C=O) groups excluding carboxylic acids is 1. The number of pyridine rings is 1. The van der Waals surface area contributed by atoms with Gasteiger partial charge in [0.15, 0.2) is 5.65 Å². The molecule has 1 aliphatic heterocycles. The van der Waals surface area contributed by atoms with Crippen molar-refractivity contribution in [3.05, 3.63) is 47.7 Å². The monoisotopic (exact) mass is 421 g/mol. The van der Waals surface area contributed by atoms with Crippen LogP contribution in [0.4, 0.5) is 0 Å². The number of aryl methyl sites for hydroxylation is 2. The van der Waals surface area contributed by atoms with Crippen molar-refractivity contribution in [2.45, 2.75) is 19.9 Å². The molecule has 2 aromatic heterocycles. The Hall–Kier alpha value is -2.15. The van der Waals surface area contributed by atoms with E-state index < -0.39 is 0 Å². The molecule has 0 saturated carbocycles. The topological polar surface area (TPSA) is 63.1 Å². The van der Waals surface area contributed by atoms with Gasteiger partial charge in [-0.15, -0.1) is 24.8 Å². The highest BCUT2D eigenvalue weighted by molar-refractivity contribution is 6.07. The van der Waals surface area contributed by atoms with Gasteiger partial charge in [0.25, 0.3) is 5.91 Å². The van der Waals surface area contributed by atoms with Gasteiger partial charge in [0.1, 0.15) is 0 Å². The third-order valence-corrected chi connectivity index (χ3v) is 5.03. The van der Waals surface area contributed by atoms with Crippen LogP contribution in [0.2, 0.25) is 0 Å². The van der Waals surface area contributed by atoms with Gasteiger partial charge in [-0.05, 0) is 19.9 Å². The zero-order valence-corrected chi connectivity index (χ0v) is 17.8. The number of amides is 1. The van der Waals surface area contributed by atoms with E-state index in [1.807, 2.05) is 55.3 Å². The molecule has 3 aromatic rings. The Labute approximate surface area is 177 Å². The number of piperazine rings is 1. The Bertz CT molecular complexity index is 974. The summed E-state index contributed by atoms with van der Waals surface area (Å²) in [5.41, 5.74) is 4.06. The first kappa shape index (κ1) is 22.1. The maximum atomic E-state index is 13.4. The van der Waals surface area contributed by atoms with Crippen LogP contribution in [0.3, 0.4) is 0 Å².